The van der Waals surface area contributed by atoms with E-state index in [4.69, 9.17) is 0 Å². The number of fused-ring (bicyclic) bond motifs is 1. The molecule has 2 heteroatoms. The minimum atomic E-state index is -0.177. The Bertz CT molecular complexity index is 562. The standard InChI is InChI=1S/C17H18FN/c1-12(13-6-8-16(18)9-7-13)19-11-15-10-14-4-2-3-5-17(14)15/h2-9,12,15,19H,10-11H2,1H3/t12-,15?/m1/s1. The zero-order valence-corrected chi connectivity index (χ0v) is 11.1. The van der Waals surface area contributed by atoms with E-state index in [0.29, 0.717) is 5.92 Å². The number of halogens is 1. The Morgan fingerprint density at radius 1 is 1.16 bits per heavy atom. The number of benzene rings is 2. The molecule has 19 heavy (non-hydrogen) atoms. The Kier molecular flexibility index (Phi) is 3.34. The average Bonchev–Trinajstić information content (AvgIpc) is 2.40. The Morgan fingerprint density at radius 2 is 1.89 bits per heavy atom. The Hall–Kier alpha value is -1.67. The molecule has 0 fully saturated rings. The minimum Gasteiger partial charge on any atom is -0.310 e. The summed E-state index contributed by atoms with van der Waals surface area (Å²) in [7, 11) is 0. The highest BCUT2D eigenvalue weighted by Gasteiger charge is 2.25. The molecule has 1 aliphatic carbocycles. The second kappa shape index (κ2) is 5.14. The summed E-state index contributed by atoms with van der Waals surface area (Å²) in [5, 5.41) is 3.54. The predicted octanol–water partition coefficient (Wildman–Crippen LogP) is 3.82. The first-order chi connectivity index (χ1) is 9.24. The summed E-state index contributed by atoms with van der Waals surface area (Å²) in [5.41, 5.74) is 4.08. The van der Waals surface area contributed by atoms with Gasteiger partial charge in [-0.15, -0.1) is 0 Å². The lowest BCUT2D eigenvalue weighted by molar-refractivity contribution is 0.488. The molecule has 0 saturated carbocycles. The van der Waals surface area contributed by atoms with Crippen molar-refractivity contribution in [1.82, 2.24) is 5.32 Å². The number of rotatable bonds is 4. The quantitative estimate of drug-likeness (QED) is 0.876. The average molecular weight is 255 g/mol. The van der Waals surface area contributed by atoms with Crippen LogP contribution in [0.2, 0.25) is 0 Å². The van der Waals surface area contributed by atoms with Crippen LogP contribution in [0.3, 0.4) is 0 Å². The van der Waals surface area contributed by atoms with Crippen LogP contribution >= 0.6 is 0 Å². The van der Waals surface area contributed by atoms with Crippen molar-refractivity contribution < 1.29 is 4.39 Å². The van der Waals surface area contributed by atoms with Crippen molar-refractivity contribution in [2.24, 2.45) is 0 Å². The molecule has 98 valence electrons. The van der Waals surface area contributed by atoms with Gasteiger partial charge in [-0.05, 0) is 42.2 Å². The smallest absolute Gasteiger partial charge is 0.123 e. The van der Waals surface area contributed by atoms with Crippen LogP contribution in [0.25, 0.3) is 0 Å². The van der Waals surface area contributed by atoms with E-state index in [1.54, 1.807) is 0 Å². The number of hydrogen-bond acceptors (Lipinski definition) is 1. The zero-order chi connectivity index (χ0) is 13.2. The molecule has 2 atom stereocenters. The summed E-state index contributed by atoms with van der Waals surface area (Å²) in [5.74, 6) is 0.447. The normalized spacial score (nSPS) is 18.5. The molecule has 0 bridgehead atoms. The second-order valence-corrected chi connectivity index (χ2v) is 5.28. The van der Waals surface area contributed by atoms with Crippen molar-refractivity contribution in [2.45, 2.75) is 25.3 Å². The third-order valence-electron chi connectivity index (χ3n) is 4.00. The van der Waals surface area contributed by atoms with E-state index in [2.05, 4.69) is 36.5 Å². The topological polar surface area (TPSA) is 12.0 Å². The van der Waals surface area contributed by atoms with Crippen molar-refractivity contribution >= 4 is 0 Å². The van der Waals surface area contributed by atoms with Gasteiger partial charge in [-0.3, -0.25) is 0 Å². The fourth-order valence-electron chi connectivity index (χ4n) is 2.73. The van der Waals surface area contributed by atoms with Gasteiger partial charge in [-0.2, -0.15) is 0 Å². The summed E-state index contributed by atoms with van der Waals surface area (Å²) in [6.45, 7) is 3.10. The maximum absolute atomic E-state index is 12.9. The Morgan fingerprint density at radius 3 is 2.63 bits per heavy atom. The highest BCUT2D eigenvalue weighted by atomic mass is 19.1. The molecule has 1 unspecified atom stereocenters. The Labute approximate surface area is 113 Å². The molecule has 0 amide bonds. The van der Waals surface area contributed by atoms with Gasteiger partial charge in [0.05, 0.1) is 0 Å². The van der Waals surface area contributed by atoms with E-state index in [0.717, 1.165) is 12.1 Å². The van der Waals surface area contributed by atoms with Gasteiger partial charge < -0.3 is 5.32 Å². The zero-order valence-electron chi connectivity index (χ0n) is 11.1. The fourth-order valence-corrected chi connectivity index (χ4v) is 2.73. The van der Waals surface area contributed by atoms with E-state index in [1.165, 1.54) is 29.7 Å². The predicted molar refractivity (Wildman–Crippen MR) is 75.7 cm³/mol. The van der Waals surface area contributed by atoms with E-state index < -0.39 is 0 Å². The van der Waals surface area contributed by atoms with E-state index in [9.17, 15) is 4.39 Å². The number of hydrogen-bond donors (Lipinski definition) is 1. The molecule has 0 radical (unpaired) electrons. The van der Waals surface area contributed by atoms with Crippen molar-refractivity contribution in [3.8, 4) is 0 Å². The number of nitrogens with one attached hydrogen (secondary N) is 1. The summed E-state index contributed by atoms with van der Waals surface area (Å²) in [4.78, 5) is 0. The largest absolute Gasteiger partial charge is 0.310 e. The van der Waals surface area contributed by atoms with Gasteiger partial charge in [-0.25, -0.2) is 4.39 Å². The minimum absolute atomic E-state index is 0.177. The summed E-state index contributed by atoms with van der Waals surface area (Å²) >= 11 is 0. The highest BCUT2D eigenvalue weighted by molar-refractivity contribution is 5.40. The molecule has 2 aromatic rings. The summed E-state index contributed by atoms with van der Waals surface area (Å²) in [6, 6.07) is 15.6. The Balaban J connectivity index is 1.57. The van der Waals surface area contributed by atoms with Gasteiger partial charge in [0.2, 0.25) is 0 Å². The van der Waals surface area contributed by atoms with Crippen LogP contribution < -0.4 is 5.32 Å². The van der Waals surface area contributed by atoms with E-state index in [-0.39, 0.29) is 11.9 Å². The molecule has 0 aliphatic heterocycles. The van der Waals surface area contributed by atoms with Crippen LogP contribution in [0.4, 0.5) is 4.39 Å². The first kappa shape index (κ1) is 12.4. The molecule has 0 aromatic heterocycles. The van der Waals surface area contributed by atoms with Crippen molar-refractivity contribution in [2.75, 3.05) is 6.54 Å². The van der Waals surface area contributed by atoms with Crippen molar-refractivity contribution in [3.05, 3.63) is 71.0 Å². The maximum atomic E-state index is 12.9. The van der Waals surface area contributed by atoms with Gasteiger partial charge in [0.25, 0.3) is 0 Å². The molecule has 2 aromatic carbocycles. The van der Waals surface area contributed by atoms with Crippen LogP contribution in [0.1, 0.15) is 35.6 Å². The van der Waals surface area contributed by atoms with Crippen LogP contribution in [-0.2, 0) is 6.42 Å². The lowest BCUT2D eigenvalue weighted by Crippen LogP contribution is -2.30. The lowest BCUT2D eigenvalue weighted by atomic mass is 9.77. The molecule has 0 saturated heterocycles. The summed E-state index contributed by atoms with van der Waals surface area (Å²) < 4.78 is 12.9. The highest BCUT2D eigenvalue weighted by Crippen LogP contribution is 2.34. The van der Waals surface area contributed by atoms with Gasteiger partial charge >= 0.3 is 0 Å². The summed E-state index contributed by atoms with van der Waals surface area (Å²) in [6.07, 6.45) is 1.17. The van der Waals surface area contributed by atoms with Gasteiger partial charge in [0.15, 0.2) is 0 Å². The molecule has 1 nitrogen and oxygen atoms in total. The SMILES string of the molecule is C[C@@H](NCC1Cc2ccccc21)c1ccc(F)cc1. The molecule has 1 N–H and O–H groups in total. The fraction of sp³-hybridized carbons (Fsp3) is 0.294. The molecular formula is C17H18FN. The second-order valence-electron chi connectivity index (χ2n) is 5.28. The van der Waals surface area contributed by atoms with Crippen LogP contribution in [0.15, 0.2) is 48.5 Å². The monoisotopic (exact) mass is 255 g/mol. The third kappa shape index (κ3) is 2.54. The van der Waals surface area contributed by atoms with Gasteiger partial charge in [-0.1, -0.05) is 36.4 Å². The van der Waals surface area contributed by atoms with Crippen LogP contribution in [0, 0.1) is 5.82 Å². The molecule has 0 spiro atoms. The van der Waals surface area contributed by atoms with Crippen LogP contribution in [-0.4, -0.2) is 6.54 Å². The molecule has 1 aliphatic rings. The van der Waals surface area contributed by atoms with Gasteiger partial charge in [0.1, 0.15) is 5.82 Å². The van der Waals surface area contributed by atoms with Crippen molar-refractivity contribution in [1.29, 1.82) is 0 Å². The third-order valence-corrected chi connectivity index (χ3v) is 4.00. The van der Waals surface area contributed by atoms with Crippen molar-refractivity contribution in [3.63, 3.8) is 0 Å². The first-order valence-corrected chi connectivity index (χ1v) is 6.80. The van der Waals surface area contributed by atoms with Gasteiger partial charge in [0, 0.05) is 18.5 Å². The maximum Gasteiger partial charge on any atom is 0.123 e. The van der Waals surface area contributed by atoms with Crippen LogP contribution in [0.5, 0.6) is 0 Å². The van der Waals surface area contributed by atoms with E-state index >= 15 is 0 Å². The first-order valence-electron chi connectivity index (χ1n) is 6.80. The lowest BCUT2D eigenvalue weighted by Gasteiger charge is -2.31. The molecular weight excluding hydrogens is 237 g/mol. The molecule has 3 rings (SSSR count). The molecule has 0 heterocycles. The van der Waals surface area contributed by atoms with E-state index in [1.807, 2.05) is 12.1 Å².